The molecule has 3 N–H and O–H groups in total. The summed E-state index contributed by atoms with van der Waals surface area (Å²) in [6, 6.07) is 12.3. The van der Waals surface area contributed by atoms with E-state index in [4.69, 9.17) is 10.7 Å². The van der Waals surface area contributed by atoms with Gasteiger partial charge in [-0.3, -0.25) is 9.69 Å². The van der Waals surface area contributed by atoms with E-state index in [9.17, 15) is 4.79 Å². The number of nitrogens with one attached hydrogen (secondary N) is 1. The maximum atomic E-state index is 11.9. The van der Waals surface area contributed by atoms with Gasteiger partial charge in [-0.15, -0.1) is 0 Å². The zero-order valence-corrected chi connectivity index (χ0v) is 19.2. The summed E-state index contributed by atoms with van der Waals surface area (Å²) in [7, 11) is 0. The largest absolute Gasteiger partial charge is 0.366 e. The van der Waals surface area contributed by atoms with Crippen LogP contribution in [0.15, 0.2) is 55.0 Å². The zero-order valence-electron chi connectivity index (χ0n) is 19.2. The third-order valence-electron chi connectivity index (χ3n) is 7.33. The highest BCUT2D eigenvalue weighted by atomic mass is 16.1. The van der Waals surface area contributed by atoms with Crippen molar-refractivity contribution >= 4 is 28.0 Å². The number of nitrogens with two attached hydrogens (primary N) is 1. The lowest BCUT2D eigenvalue weighted by atomic mass is 9.96. The van der Waals surface area contributed by atoms with Gasteiger partial charge in [0.15, 0.2) is 5.65 Å². The van der Waals surface area contributed by atoms with Crippen LogP contribution in [-0.4, -0.2) is 70.7 Å². The first-order valence-corrected chi connectivity index (χ1v) is 12.0. The molecule has 2 fully saturated rings. The van der Waals surface area contributed by atoms with E-state index in [1.807, 2.05) is 47.2 Å². The Morgan fingerprint density at radius 3 is 2.47 bits per heavy atom. The minimum absolute atomic E-state index is 0.425. The number of piperazine rings is 1. The number of fused-ring (bicyclic) bond motifs is 2. The van der Waals surface area contributed by atoms with Crippen LogP contribution >= 0.6 is 0 Å². The average Bonchev–Trinajstić information content (AvgIpc) is 3.31. The van der Waals surface area contributed by atoms with Crippen LogP contribution in [0.3, 0.4) is 0 Å². The van der Waals surface area contributed by atoms with Gasteiger partial charge in [0.2, 0.25) is 5.91 Å². The number of piperidine rings is 1. The third-order valence-corrected chi connectivity index (χ3v) is 7.33. The Balaban J connectivity index is 1.28. The normalized spacial score (nSPS) is 18.1. The number of carbonyl (C=O) groups excluding carboxylic acids is 1. The highest BCUT2D eigenvalue weighted by Crippen LogP contribution is 2.33. The molecule has 8 heteroatoms. The molecule has 0 radical (unpaired) electrons. The molecule has 4 aromatic rings. The first kappa shape index (κ1) is 21.1. The summed E-state index contributed by atoms with van der Waals surface area (Å²) >= 11 is 0. The smallest absolute Gasteiger partial charge is 0.249 e. The topological polar surface area (TPSA) is 91.8 Å². The van der Waals surface area contributed by atoms with E-state index in [2.05, 4.69) is 26.4 Å². The maximum Gasteiger partial charge on any atom is 0.249 e. The SMILES string of the molecule is NC(=O)c1ccc(-c2cnn3cc(N4CCN(C5CCNCC5)CC4)cnc23)c2ccccc12. The number of primary amides is 1. The number of hydrogen-bond acceptors (Lipinski definition) is 6. The Morgan fingerprint density at radius 1 is 0.941 bits per heavy atom. The minimum Gasteiger partial charge on any atom is -0.366 e. The second-order valence-electron chi connectivity index (χ2n) is 9.21. The molecule has 2 aromatic carbocycles. The predicted octanol–water partition coefficient (Wildman–Crippen LogP) is 2.52. The fraction of sp³-hybridized carbons (Fsp3) is 0.346. The number of hydrogen-bond donors (Lipinski definition) is 2. The number of aromatic nitrogens is 3. The molecule has 34 heavy (non-hydrogen) atoms. The maximum absolute atomic E-state index is 11.9. The fourth-order valence-corrected chi connectivity index (χ4v) is 5.48. The molecule has 1 amide bonds. The number of rotatable bonds is 4. The molecule has 8 nitrogen and oxygen atoms in total. The summed E-state index contributed by atoms with van der Waals surface area (Å²) in [5, 5.41) is 9.89. The van der Waals surface area contributed by atoms with Crippen LogP contribution in [0.4, 0.5) is 5.69 Å². The molecule has 2 aromatic heterocycles. The van der Waals surface area contributed by atoms with Gasteiger partial charge in [-0.25, -0.2) is 9.50 Å². The van der Waals surface area contributed by atoms with Crippen molar-refractivity contribution in [3.63, 3.8) is 0 Å². The lowest BCUT2D eigenvalue weighted by Gasteiger charge is -2.41. The Hall–Kier alpha value is -3.49. The summed E-state index contributed by atoms with van der Waals surface area (Å²) < 4.78 is 1.86. The molecule has 0 spiro atoms. The van der Waals surface area contributed by atoms with Crippen LogP contribution in [0.2, 0.25) is 0 Å². The molecular weight excluding hydrogens is 426 g/mol. The van der Waals surface area contributed by atoms with Crippen molar-refractivity contribution in [2.75, 3.05) is 44.2 Å². The van der Waals surface area contributed by atoms with Crippen LogP contribution in [0.25, 0.3) is 27.5 Å². The summed E-state index contributed by atoms with van der Waals surface area (Å²) in [4.78, 5) is 21.8. The first-order valence-electron chi connectivity index (χ1n) is 12.0. The van der Waals surface area contributed by atoms with Crippen molar-refractivity contribution in [1.29, 1.82) is 0 Å². The first-order chi connectivity index (χ1) is 16.7. The monoisotopic (exact) mass is 455 g/mol. The predicted molar refractivity (Wildman–Crippen MR) is 134 cm³/mol. The summed E-state index contributed by atoms with van der Waals surface area (Å²) in [6.45, 7) is 6.45. The standard InChI is InChI=1S/C26H29N7O/c27-25(34)23-6-5-22(20-3-1-2-4-21(20)23)24-16-30-33-17-19(15-29-26(24)33)32-13-11-31(12-14-32)18-7-9-28-10-8-18/h1-6,15-18,28H,7-14H2,(H2,27,34). The summed E-state index contributed by atoms with van der Waals surface area (Å²) in [5.74, 6) is -0.425. The van der Waals surface area contributed by atoms with Gasteiger partial charge < -0.3 is 16.0 Å². The molecule has 2 saturated heterocycles. The number of amides is 1. The van der Waals surface area contributed by atoms with E-state index in [1.165, 1.54) is 12.8 Å². The van der Waals surface area contributed by atoms with E-state index in [0.29, 0.717) is 11.6 Å². The second-order valence-corrected chi connectivity index (χ2v) is 9.21. The van der Waals surface area contributed by atoms with Gasteiger partial charge in [0.1, 0.15) is 0 Å². The van der Waals surface area contributed by atoms with E-state index in [-0.39, 0.29) is 0 Å². The van der Waals surface area contributed by atoms with Gasteiger partial charge in [0.25, 0.3) is 0 Å². The van der Waals surface area contributed by atoms with Gasteiger partial charge in [0, 0.05) is 43.3 Å². The van der Waals surface area contributed by atoms with Gasteiger partial charge in [0.05, 0.1) is 24.3 Å². The van der Waals surface area contributed by atoms with E-state index in [1.54, 1.807) is 6.07 Å². The molecule has 0 bridgehead atoms. The molecule has 2 aliphatic heterocycles. The highest BCUT2D eigenvalue weighted by Gasteiger charge is 2.25. The van der Waals surface area contributed by atoms with Crippen molar-refractivity contribution in [3.05, 3.63) is 60.6 Å². The zero-order chi connectivity index (χ0) is 23.1. The van der Waals surface area contributed by atoms with Crippen LogP contribution in [0.5, 0.6) is 0 Å². The summed E-state index contributed by atoms with van der Waals surface area (Å²) in [6.07, 6.45) is 8.39. The summed E-state index contributed by atoms with van der Waals surface area (Å²) in [5.41, 5.74) is 9.95. The molecule has 0 aliphatic carbocycles. The Bertz CT molecular complexity index is 1350. The second kappa shape index (κ2) is 8.70. The molecular formula is C26H29N7O. The molecule has 2 aliphatic rings. The Kier molecular flexibility index (Phi) is 5.39. The molecule has 0 unspecified atom stereocenters. The quantitative estimate of drug-likeness (QED) is 0.491. The van der Waals surface area contributed by atoms with E-state index >= 15 is 0 Å². The minimum atomic E-state index is -0.425. The number of nitrogens with zero attached hydrogens (tertiary/aromatic N) is 5. The van der Waals surface area contributed by atoms with Crippen LogP contribution < -0.4 is 16.0 Å². The van der Waals surface area contributed by atoms with Crippen molar-refractivity contribution in [2.24, 2.45) is 5.73 Å². The molecule has 174 valence electrons. The Morgan fingerprint density at radius 2 is 1.71 bits per heavy atom. The van der Waals surface area contributed by atoms with Crippen LogP contribution in [-0.2, 0) is 0 Å². The number of benzene rings is 2. The fourth-order valence-electron chi connectivity index (χ4n) is 5.48. The Labute approximate surface area is 198 Å². The van der Waals surface area contributed by atoms with Gasteiger partial charge in [-0.1, -0.05) is 30.3 Å². The molecule has 0 saturated carbocycles. The van der Waals surface area contributed by atoms with Gasteiger partial charge in [-0.05, 0) is 48.3 Å². The van der Waals surface area contributed by atoms with E-state index in [0.717, 1.165) is 72.5 Å². The van der Waals surface area contributed by atoms with Gasteiger partial charge >= 0.3 is 0 Å². The average molecular weight is 456 g/mol. The number of anilines is 1. The van der Waals surface area contributed by atoms with Crippen molar-refractivity contribution in [2.45, 2.75) is 18.9 Å². The lowest BCUT2D eigenvalue weighted by molar-refractivity contribution is 0.100. The third kappa shape index (κ3) is 3.69. The molecule has 4 heterocycles. The lowest BCUT2D eigenvalue weighted by Crippen LogP contribution is -2.52. The molecule has 0 atom stereocenters. The van der Waals surface area contributed by atoms with Crippen molar-refractivity contribution in [1.82, 2.24) is 24.8 Å². The van der Waals surface area contributed by atoms with E-state index < -0.39 is 5.91 Å². The number of carbonyl (C=O) groups is 1. The van der Waals surface area contributed by atoms with Crippen molar-refractivity contribution < 1.29 is 4.79 Å². The van der Waals surface area contributed by atoms with Crippen LogP contribution in [0, 0.1) is 0 Å². The molecule has 6 rings (SSSR count). The van der Waals surface area contributed by atoms with Crippen molar-refractivity contribution in [3.8, 4) is 11.1 Å². The highest BCUT2D eigenvalue weighted by molar-refractivity contribution is 6.11. The van der Waals surface area contributed by atoms with Crippen LogP contribution in [0.1, 0.15) is 23.2 Å². The van der Waals surface area contributed by atoms with Gasteiger partial charge in [-0.2, -0.15) is 5.10 Å².